The lowest BCUT2D eigenvalue weighted by atomic mass is 10.0. The molecule has 0 aliphatic heterocycles. The van der Waals surface area contributed by atoms with Crippen molar-refractivity contribution in [2.45, 2.75) is 0 Å². The minimum atomic E-state index is 1.26. The molecule has 106 valence electrons. The second-order valence-electron chi connectivity index (χ2n) is 5.12. The zero-order valence-electron chi connectivity index (χ0n) is 11.9. The van der Waals surface area contributed by atoms with Crippen molar-refractivity contribution in [3.63, 3.8) is 0 Å². The Kier molecular flexibility index (Phi) is 3.63. The first-order valence-electron chi connectivity index (χ1n) is 7.18. The molecule has 0 aliphatic carbocycles. The molecule has 0 saturated carbocycles. The topological polar surface area (TPSA) is 0 Å². The van der Waals surface area contributed by atoms with Crippen LogP contribution in [-0.2, 0) is 0 Å². The van der Waals surface area contributed by atoms with Crippen LogP contribution in [0.1, 0.15) is 0 Å². The maximum atomic E-state index is 2.29. The van der Waals surface area contributed by atoms with Crippen LogP contribution >= 0.6 is 22.7 Å². The zero-order chi connectivity index (χ0) is 14.8. The van der Waals surface area contributed by atoms with E-state index in [0.29, 0.717) is 0 Å². The lowest BCUT2D eigenvalue weighted by Crippen LogP contribution is -1.78. The summed E-state index contributed by atoms with van der Waals surface area (Å²) in [5.74, 6) is 0. The molecular weight excluding hydrogens is 304 g/mol. The average molecular weight is 318 g/mol. The summed E-state index contributed by atoms with van der Waals surface area (Å²) in [7, 11) is 0. The van der Waals surface area contributed by atoms with Crippen LogP contribution in [0.2, 0.25) is 0 Å². The fourth-order valence-electron chi connectivity index (χ4n) is 2.52. The Morgan fingerprint density at radius 3 is 1.86 bits per heavy atom. The molecule has 4 rings (SSSR count). The van der Waals surface area contributed by atoms with Crippen molar-refractivity contribution in [3.8, 4) is 32.0 Å². The third-order valence-electron chi connectivity index (χ3n) is 3.69. The van der Waals surface area contributed by atoms with Crippen molar-refractivity contribution >= 4 is 22.7 Å². The highest BCUT2D eigenvalue weighted by molar-refractivity contribution is 7.20. The summed E-state index contributed by atoms with van der Waals surface area (Å²) >= 11 is 3.61. The van der Waals surface area contributed by atoms with Gasteiger partial charge in [0, 0.05) is 9.75 Å². The number of hydrogen-bond acceptors (Lipinski definition) is 2. The summed E-state index contributed by atoms with van der Waals surface area (Å²) in [5, 5.41) is 4.37. The summed E-state index contributed by atoms with van der Waals surface area (Å²) in [6, 6.07) is 25.9. The third kappa shape index (κ3) is 2.63. The molecule has 0 unspecified atom stereocenters. The van der Waals surface area contributed by atoms with Crippen molar-refractivity contribution in [1.82, 2.24) is 0 Å². The van der Waals surface area contributed by atoms with Crippen molar-refractivity contribution in [1.29, 1.82) is 0 Å². The summed E-state index contributed by atoms with van der Waals surface area (Å²) in [4.78, 5) is 2.69. The average Bonchev–Trinajstić information content (AvgIpc) is 3.27. The molecule has 0 aliphatic rings. The fourth-order valence-corrected chi connectivity index (χ4v) is 4.28. The van der Waals surface area contributed by atoms with E-state index >= 15 is 0 Å². The fraction of sp³-hybridized carbons (Fsp3) is 0. The summed E-state index contributed by atoms with van der Waals surface area (Å²) in [6.07, 6.45) is 0. The normalized spacial score (nSPS) is 10.7. The van der Waals surface area contributed by atoms with E-state index in [-0.39, 0.29) is 0 Å². The molecule has 0 radical (unpaired) electrons. The smallest absolute Gasteiger partial charge is 0.0448 e. The van der Waals surface area contributed by atoms with Crippen molar-refractivity contribution < 1.29 is 0 Å². The van der Waals surface area contributed by atoms with Crippen LogP contribution < -0.4 is 0 Å². The van der Waals surface area contributed by atoms with E-state index < -0.39 is 0 Å². The molecule has 0 atom stereocenters. The van der Waals surface area contributed by atoms with Gasteiger partial charge in [-0.1, -0.05) is 60.7 Å². The summed E-state index contributed by atoms with van der Waals surface area (Å²) in [5.41, 5.74) is 5.10. The second kappa shape index (κ2) is 5.91. The van der Waals surface area contributed by atoms with E-state index in [2.05, 4.69) is 83.6 Å². The molecule has 0 nitrogen and oxygen atoms in total. The van der Waals surface area contributed by atoms with Crippen LogP contribution in [0.4, 0.5) is 0 Å². The van der Waals surface area contributed by atoms with E-state index in [9.17, 15) is 0 Å². The van der Waals surface area contributed by atoms with E-state index in [1.165, 1.54) is 32.0 Å². The van der Waals surface area contributed by atoms with Gasteiger partial charge in [-0.3, -0.25) is 0 Å². The first-order chi connectivity index (χ1) is 10.9. The highest BCUT2D eigenvalue weighted by Crippen LogP contribution is 2.35. The molecule has 4 aromatic rings. The van der Waals surface area contributed by atoms with Gasteiger partial charge in [-0.15, -0.1) is 22.7 Å². The molecule has 0 N–H and O–H groups in total. The van der Waals surface area contributed by atoms with Crippen LogP contribution in [0.3, 0.4) is 0 Å². The largest absolute Gasteiger partial charge is 0.143 e. The van der Waals surface area contributed by atoms with Crippen LogP contribution in [0.5, 0.6) is 0 Å². The molecule has 0 amide bonds. The van der Waals surface area contributed by atoms with Gasteiger partial charge in [0.2, 0.25) is 0 Å². The SMILES string of the molecule is c1ccc(-c2ccc(-c3csc(-c4cccs4)c3)cc2)cc1. The third-order valence-corrected chi connectivity index (χ3v) is 5.68. The van der Waals surface area contributed by atoms with E-state index in [1.54, 1.807) is 11.3 Å². The van der Waals surface area contributed by atoms with Gasteiger partial charge in [0.15, 0.2) is 0 Å². The van der Waals surface area contributed by atoms with Gasteiger partial charge in [-0.05, 0) is 45.1 Å². The number of benzene rings is 2. The summed E-state index contributed by atoms with van der Waals surface area (Å²) < 4.78 is 0. The summed E-state index contributed by atoms with van der Waals surface area (Å²) in [6.45, 7) is 0. The number of rotatable bonds is 3. The standard InChI is InChI=1S/C20H14S2/c1-2-5-15(6-3-1)16-8-10-17(11-9-16)18-13-20(22-14-18)19-7-4-12-21-19/h1-14H. The molecule has 2 aromatic carbocycles. The monoisotopic (exact) mass is 318 g/mol. The molecule has 2 heteroatoms. The molecular formula is C20H14S2. The number of thiophene rings is 2. The Morgan fingerprint density at radius 2 is 1.18 bits per heavy atom. The van der Waals surface area contributed by atoms with Crippen molar-refractivity contribution in [2.75, 3.05) is 0 Å². The maximum Gasteiger partial charge on any atom is 0.0448 e. The number of hydrogen-bond donors (Lipinski definition) is 0. The lowest BCUT2D eigenvalue weighted by molar-refractivity contribution is 1.61. The Balaban J connectivity index is 1.64. The van der Waals surface area contributed by atoms with Gasteiger partial charge in [-0.25, -0.2) is 0 Å². The molecule has 0 spiro atoms. The highest BCUT2D eigenvalue weighted by Gasteiger charge is 2.06. The van der Waals surface area contributed by atoms with E-state index in [0.717, 1.165) is 0 Å². The van der Waals surface area contributed by atoms with Gasteiger partial charge in [0.25, 0.3) is 0 Å². The minimum absolute atomic E-state index is 1.26. The molecule has 0 bridgehead atoms. The van der Waals surface area contributed by atoms with Crippen molar-refractivity contribution in [3.05, 3.63) is 83.6 Å². The Bertz CT molecular complexity index is 854. The van der Waals surface area contributed by atoms with E-state index in [4.69, 9.17) is 0 Å². The van der Waals surface area contributed by atoms with Crippen LogP contribution in [0, 0.1) is 0 Å². The van der Waals surface area contributed by atoms with Gasteiger partial charge in [-0.2, -0.15) is 0 Å². The predicted molar refractivity (Wildman–Crippen MR) is 98.5 cm³/mol. The Hall–Kier alpha value is -2.16. The minimum Gasteiger partial charge on any atom is -0.143 e. The van der Waals surface area contributed by atoms with Gasteiger partial charge >= 0.3 is 0 Å². The maximum absolute atomic E-state index is 2.29. The molecule has 2 aromatic heterocycles. The first-order valence-corrected chi connectivity index (χ1v) is 8.94. The van der Waals surface area contributed by atoms with Crippen LogP contribution in [-0.4, -0.2) is 0 Å². The lowest BCUT2D eigenvalue weighted by Gasteiger charge is -2.03. The van der Waals surface area contributed by atoms with Gasteiger partial charge in [0.05, 0.1) is 0 Å². The molecule has 2 heterocycles. The molecule has 0 saturated heterocycles. The highest BCUT2D eigenvalue weighted by atomic mass is 32.1. The molecule has 0 fully saturated rings. The second-order valence-corrected chi connectivity index (χ2v) is 6.98. The van der Waals surface area contributed by atoms with Gasteiger partial charge in [0.1, 0.15) is 0 Å². The quantitative estimate of drug-likeness (QED) is 0.389. The zero-order valence-corrected chi connectivity index (χ0v) is 13.5. The first kappa shape index (κ1) is 13.5. The van der Waals surface area contributed by atoms with Gasteiger partial charge < -0.3 is 0 Å². The van der Waals surface area contributed by atoms with E-state index in [1.807, 2.05) is 11.3 Å². The predicted octanol–water partition coefficient (Wildman–Crippen LogP) is 6.81. The van der Waals surface area contributed by atoms with Crippen LogP contribution in [0.25, 0.3) is 32.0 Å². The Morgan fingerprint density at radius 1 is 0.500 bits per heavy atom. The van der Waals surface area contributed by atoms with Crippen molar-refractivity contribution in [2.24, 2.45) is 0 Å². The molecule has 22 heavy (non-hydrogen) atoms. The van der Waals surface area contributed by atoms with Crippen LogP contribution in [0.15, 0.2) is 83.6 Å². The Labute approximate surface area is 138 Å².